The number of nitrogens with one attached hydrogen (secondary N) is 1. The normalized spacial score (nSPS) is 19.2. The molecule has 0 unspecified atom stereocenters. The molecule has 0 aromatic heterocycles. The van der Waals surface area contributed by atoms with E-state index in [4.69, 9.17) is 9.47 Å². The molecule has 0 saturated carbocycles. The van der Waals surface area contributed by atoms with Gasteiger partial charge in [-0.05, 0) is 55.0 Å². The monoisotopic (exact) mass is 389 g/mol. The zero-order chi connectivity index (χ0) is 17.3. The predicted octanol–water partition coefficient (Wildman–Crippen LogP) is 3.74. The number of esters is 1. The number of anilines is 1. The first-order valence-corrected chi connectivity index (χ1v) is 8.20. The summed E-state index contributed by atoms with van der Waals surface area (Å²) in [5.74, 6) is 0.0485. The summed E-state index contributed by atoms with van der Waals surface area (Å²) in [5.41, 5.74) is 1.99. The fourth-order valence-electron chi connectivity index (χ4n) is 2.72. The van der Waals surface area contributed by atoms with Gasteiger partial charge in [-0.3, -0.25) is 4.79 Å². The average Bonchev–Trinajstić information content (AvgIpc) is 2.57. The van der Waals surface area contributed by atoms with Crippen LogP contribution in [0.4, 0.5) is 5.69 Å². The van der Waals surface area contributed by atoms with Gasteiger partial charge in [0, 0.05) is 10.2 Å². The summed E-state index contributed by atoms with van der Waals surface area (Å²) >= 11 is 3.42. The quantitative estimate of drug-likeness (QED) is 0.806. The van der Waals surface area contributed by atoms with Gasteiger partial charge < -0.3 is 14.8 Å². The van der Waals surface area contributed by atoms with Gasteiger partial charge in [0.2, 0.25) is 0 Å². The van der Waals surface area contributed by atoms with Gasteiger partial charge in [0.1, 0.15) is 5.75 Å². The lowest BCUT2D eigenvalue weighted by molar-refractivity contribution is -0.126. The van der Waals surface area contributed by atoms with Crippen molar-refractivity contribution in [2.45, 2.75) is 19.1 Å². The summed E-state index contributed by atoms with van der Waals surface area (Å²) in [7, 11) is 1.60. The summed E-state index contributed by atoms with van der Waals surface area (Å²) < 4.78 is 11.3. The van der Waals surface area contributed by atoms with Crippen LogP contribution >= 0.6 is 15.9 Å². The Bertz CT molecular complexity index is 788. The lowest BCUT2D eigenvalue weighted by Crippen LogP contribution is -2.40. The van der Waals surface area contributed by atoms with Crippen LogP contribution in [0.25, 0.3) is 0 Å². The number of ether oxygens (including phenoxy) is 2. The first kappa shape index (κ1) is 16.5. The molecule has 1 heterocycles. The van der Waals surface area contributed by atoms with Crippen molar-refractivity contribution in [1.29, 1.82) is 0 Å². The van der Waals surface area contributed by atoms with Crippen molar-refractivity contribution >= 4 is 33.4 Å². The van der Waals surface area contributed by atoms with Crippen LogP contribution in [0.3, 0.4) is 0 Å². The number of hydrogen-bond donors (Lipinski definition) is 1. The summed E-state index contributed by atoms with van der Waals surface area (Å²) in [6.07, 6.45) is -0.874. The third kappa shape index (κ3) is 3.14. The maximum atomic E-state index is 12.2. The van der Waals surface area contributed by atoms with Gasteiger partial charge in [0.05, 0.1) is 18.7 Å². The summed E-state index contributed by atoms with van der Waals surface area (Å²) in [5, 5.41) is 3.29. The largest absolute Gasteiger partial charge is 0.497 e. The first-order chi connectivity index (χ1) is 11.5. The van der Waals surface area contributed by atoms with E-state index in [1.165, 1.54) is 6.92 Å². The van der Waals surface area contributed by atoms with Crippen LogP contribution in [0.1, 0.15) is 28.9 Å². The van der Waals surface area contributed by atoms with Crippen molar-refractivity contribution in [1.82, 2.24) is 0 Å². The Hall–Kier alpha value is -2.34. The smallest absolute Gasteiger partial charge is 0.339 e. The van der Waals surface area contributed by atoms with Crippen molar-refractivity contribution in [2.75, 3.05) is 12.4 Å². The minimum absolute atomic E-state index is 0.208. The molecule has 5 nitrogen and oxygen atoms in total. The van der Waals surface area contributed by atoms with E-state index in [1.54, 1.807) is 19.2 Å². The van der Waals surface area contributed by atoms with Gasteiger partial charge in [-0.1, -0.05) is 15.9 Å². The molecule has 124 valence electrons. The Labute approximate surface area is 148 Å². The number of rotatable bonds is 4. The van der Waals surface area contributed by atoms with Crippen molar-refractivity contribution < 1.29 is 19.1 Å². The molecular weight excluding hydrogens is 374 g/mol. The molecule has 0 amide bonds. The minimum atomic E-state index is -0.874. The van der Waals surface area contributed by atoms with Crippen LogP contribution in [0.5, 0.6) is 5.75 Å². The highest BCUT2D eigenvalue weighted by molar-refractivity contribution is 9.10. The number of hydrogen-bond acceptors (Lipinski definition) is 5. The van der Waals surface area contributed by atoms with Crippen LogP contribution in [0.2, 0.25) is 0 Å². The molecule has 1 aliphatic heterocycles. The Morgan fingerprint density at radius 3 is 2.54 bits per heavy atom. The number of cyclic esters (lactones) is 1. The second-order valence-corrected chi connectivity index (χ2v) is 6.43. The van der Waals surface area contributed by atoms with E-state index in [1.807, 2.05) is 30.3 Å². The second-order valence-electron chi connectivity index (χ2n) is 5.52. The molecule has 3 rings (SSSR count). The van der Waals surface area contributed by atoms with E-state index >= 15 is 0 Å². The van der Waals surface area contributed by atoms with E-state index in [2.05, 4.69) is 21.2 Å². The molecule has 6 heteroatoms. The SMILES string of the molecule is COc1ccc(N[C@H]2c3cc(Br)ccc3C(=O)O[C@H]2C(C)=O)cc1. The zero-order valence-corrected chi connectivity index (χ0v) is 14.8. The maximum absolute atomic E-state index is 12.2. The number of Topliss-reactive ketones (excluding diaryl/α,β-unsaturated/α-hetero) is 1. The molecule has 2 atom stereocenters. The van der Waals surface area contributed by atoms with E-state index in [9.17, 15) is 9.59 Å². The molecule has 0 saturated heterocycles. The Kier molecular flexibility index (Phi) is 4.57. The minimum Gasteiger partial charge on any atom is -0.497 e. The molecule has 2 aromatic rings. The van der Waals surface area contributed by atoms with Crippen LogP contribution in [-0.4, -0.2) is 25.0 Å². The summed E-state index contributed by atoms with van der Waals surface area (Å²) in [6.45, 7) is 1.42. The van der Waals surface area contributed by atoms with Gasteiger partial charge >= 0.3 is 5.97 Å². The molecule has 2 aromatic carbocycles. The predicted molar refractivity (Wildman–Crippen MR) is 93.4 cm³/mol. The third-order valence-electron chi connectivity index (χ3n) is 3.92. The van der Waals surface area contributed by atoms with Gasteiger partial charge in [0.15, 0.2) is 11.9 Å². The van der Waals surface area contributed by atoms with Crippen molar-refractivity contribution in [2.24, 2.45) is 0 Å². The van der Waals surface area contributed by atoms with Crippen LogP contribution in [0, 0.1) is 0 Å². The van der Waals surface area contributed by atoms with Crippen molar-refractivity contribution in [3.05, 3.63) is 58.1 Å². The molecule has 0 aliphatic carbocycles. The molecular formula is C18H16BrNO4. The van der Waals surface area contributed by atoms with E-state index < -0.39 is 18.1 Å². The molecule has 0 bridgehead atoms. The zero-order valence-electron chi connectivity index (χ0n) is 13.2. The Morgan fingerprint density at radius 2 is 1.92 bits per heavy atom. The van der Waals surface area contributed by atoms with Gasteiger partial charge in [0.25, 0.3) is 0 Å². The van der Waals surface area contributed by atoms with Gasteiger partial charge in [-0.25, -0.2) is 4.79 Å². The number of fused-ring (bicyclic) bond motifs is 1. The van der Waals surface area contributed by atoms with Crippen molar-refractivity contribution in [3.63, 3.8) is 0 Å². The molecule has 0 spiro atoms. The molecule has 0 radical (unpaired) electrons. The number of methoxy groups -OCH3 is 1. The highest BCUT2D eigenvalue weighted by atomic mass is 79.9. The first-order valence-electron chi connectivity index (χ1n) is 7.41. The average molecular weight is 390 g/mol. The van der Waals surface area contributed by atoms with Crippen LogP contribution in [-0.2, 0) is 9.53 Å². The molecule has 24 heavy (non-hydrogen) atoms. The maximum Gasteiger partial charge on any atom is 0.339 e. The number of halogens is 1. The number of ketones is 1. The number of carbonyl (C=O) groups excluding carboxylic acids is 2. The van der Waals surface area contributed by atoms with E-state index in [0.29, 0.717) is 5.56 Å². The highest BCUT2D eigenvalue weighted by Gasteiger charge is 2.38. The van der Waals surface area contributed by atoms with Crippen molar-refractivity contribution in [3.8, 4) is 5.75 Å². The molecule has 1 aliphatic rings. The number of benzene rings is 2. The fourth-order valence-corrected chi connectivity index (χ4v) is 3.10. The van der Waals surface area contributed by atoms with Gasteiger partial charge in [-0.2, -0.15) is 0 Å². The Balaban J connectivity index is 2.00. The van der Waals surface area contributed by atoms with Gasteiger partial charge in [-0.15, -0.1) is 0 Å². The van der Waals surface area contributed by atoms with E-state index in [0.717, 1.165) is 21.5 Å². The highest BCUT2D eigenvalue weighted by Crippen LogP contribution is 2.35. The summed E-state index contributed by atoms with van der Waals surface area (Å²) in [4.78, 5) is 24.2. The Morgan fingerprint density at radius 1 is 1.21 bits per heavy atom. The lowest BCUT2D eigenvalue weighted by Gasteiger charge is -2.32. The van der Waals surface area contributed by atoms with E-state index in [-0.39, 0.29) is 5.78 Å². The molecule has 0 fully saturated rings. The second kappa shape index (κ2) is 6.65. The number of carbonyl (C=O) groups is 2. The van der Waals surface area contributed by atoms with Crippen LogP contribution < -0.4 is 10.1 Å². The van der Waals surface area contributed by atoms with Crippen LogP contribution in [0.15, 0.2) is 46.9 Å². The third-order valence-corrected chi connectivity index (χ3v) is 4.41. The molecule has 1 N–H and O–H groups in total. The lowest BCUT2D eigenvalue weighted by atomic mass is 9.91. The summed E-state index contributed by atoms with van der Waals surface area (Å²) in [6, 6.07) is 12.2. The topological polar surface area (TPSA) is 64.6 Å². The fraction of sp³-hybridized carbons (Fsp3) is 0.222. The standard InChI is InChI=1S/C18H16BrNO4/c1-10(21)17-16(20-12-4-6-13(23-2)7-5-12)15-9-11(19)3-8-14(15)18(22)24-17/h3-9,16-17,20H,1-2H3/t16-,17-/m0/s1.